The summed E-state index contributed by atoms with van der Waals surface area (Å²) >= 11 is 0. The molecule has 4 aromatic rings. The van der Waals surface area contributed by atoms with E-state index in [2.05, 4.69) is 0 Å². The Bertz CT molecular complexity index is 1420. The molecule has 2 aliphatic heterocycles. The molecule has 2 N–H and O–H groups in total. The third-order valence-electron chi connectivity index (χ3n) is 8.58. The van der Waals surface area contributed by atoms with Gasteiger partial charge in [-0.15, -0.1) is 0 Å². The van der Waals surface area contributed by atoms with Crippen LogP contribution >= 0.6 is 0 Å². The van der Waals surface area contributed by atoms with Gasteiger partial charge in [0.1, 0.15) is 36.6 Å². The monoisotopic (exact) mass is 656 g/mol. The Kier molecular flexibility index (Phi) is 12.4. The Hall–Kier alpha value is -3.48. The minimum atomic E-state index is -1.31. The lowest BCUT2D eigenvalue weighted by Crippen LogP contribution is -2.60. The molecule has 2 aliphatic rings. The summed E-state index contributed by atoms with van der Waals surface area (Å²) in [7, 11) is 0. The Morgan fingerprint density at radius 2 is 0.958 bits per heavy atom. The fourth-order valence-electron chi connectivity index (χ4n) is 6.03. The Balaban J connectivity index is 1.21. The van der Waals surface area contributed by atoms with Gasteiger partial charge in [0.05, 0.1) is 39.1 Å². The average molecular weight is 657 g/mol. The van der Waals surface area contributed by atoms with E-state index < -0.39 is 55.3 Å². The lowest BCUT2D eigenvalue weighted by atomic mass is 9.98. The largest absolute Gasteiger partial charge is 0.385 e. The summed E-state index contributed by atoms with van der Waals surface area (Å²) in [6.45, 7) is 3.13. The van der Waals surface area contributed by atoms with Crippen LogP contribution in [0.5, 0.6) is 0 Å². The molecule has 9 heteroatoms. The Morgan fingerprint density at radius 1 is 0.521 bits per heavy atom. The number of hydrogen-bond acceptors (Lipinski definition) is 9. The second kappa shape index (κ2) is 17.3. The third-order valence-corrected chi connectivity index (χ3v) is 8.58. The van der Waals surface area contributed by atoms with Crippen molar-refractivity contribution in [2.24, 2.45) is 0 Å². The van der Waals surface area contributed by atoms with Gasteiger partial charge in [0.15, 0.2) is 12.6 Å². The predicted octanol–water partition coefficient (Wildman–Crippen LogP) is 5.17. The summed E-state index contributed by atoms with van der Waals surface area (Å²) in [4.78, 5) is 0. The maximum absolute atomic E-state index is 11.7. The molecule has 2 saturated heterocycles. The normalized spacial score (nSPS) is 28.8. The maximum Gasteiger partial charge on any atom is 0.187 e. The summed E-state index contributed by atoms with van der Waals surface area (Å²) in [5, 5.41) is 22.8. The van der Waals surface area contributed by atoms with Crippen molar-refractivity contribution in [3.8, 4) is 0 Å². The van der Waals surface area contributed by atoms with Crippen LogP contribution < -0.4 is 0 Å². The second-order valence-electron chi connectivity index (χ2n) is 12.2. The van der Waals surface area contributed by atoms with Gasteiger partial charge in [-0.05, 0) is 29.2 Å². The van der Waals surface area contributed by atoms with E-state index in [0.717, 1.165) is 22.3 Å². The molecule has 0 aliphatic carbocycles. The Labute approximate surface area is 281 Å². The van der Waals surface area contributed by atoms with Crippen LogP contribution in [-0.2, 0) is 59.6 Å². The highest BCUT2D eigenvalue weighted by molar-refractivity contribution is 5.16. The van der Waals surface area contributed by atoms with E-state index in [1.807, 2.05) is 128 Å². The van der Waals surface area contributed by atoms with Crippen LogP contribution in [0.1, 0.15) is 29.2 Å². The highest BCUT2D eigenvalue weighted by Crippen LogP contribution is 2.34. The van der Waals surface area contributed by atoms with Crippen molar-refractivity contribution in [1.29, 1.82) is 0 Å². The SMILES string of the molecule is C[C@@H]1O[C@@H](O)[C@H](OCc2ccccc2)[C@H](O[C@@H]2O[C@H](COCc3ccccc3)[C@@H](OCc3ccccc3)[C@H]2O)[C@H]1OCc1ccccc1. The van der Waals surface area contributed by atoms with Crippen LogP contribution in [0.4, 0.5) is 0 Å². The molecule has 9 nitrogen and oxygen atoms in total. The van der Waals surface area contributed by atoms with E-state index in [4.69, 9.17) is 33.2 Å². The number of rotatable bonds is 15. The zero-order chi connectivity index (χ0) is 33.1. The van der Waals surface area contributed by atoms with Gasteiger partial charge in [0.2, 0.25) is 0 Å². The van der Waals surface area contributed by atoms with Gasteiger partial charge in [0, 0.05) is 0 Å². The van der Waals surface area contributed by atoms with E-state index in [0.29, 0.717) is 6.61 Å². The molecular formula is C39H44O9. The maximum atomic E-state index is 11.7. The molecule has 0 unspecified atom stereocenters. The topological polar surface area (TPSA) is 105 Å². The number of aliphatic hydroxyl groups is 2. The van der Waals surface area contributed by atoms with Crippen LogP contribution in [0.25, 0.3) is 0 Å². The average Bonchev–Trinajstić information content (AvgIpc) is 3.41. The van der Waals surface area contributed by atoms with Crippen molar-refractivity contribution in [2.75, 3.05) is 6.61 Å². The van der Waals surface area contributed by atoms with Crippen LogP contribution in [0.15, 0.2) is 121 Å². The first kappa shape index (κ1) is 34.4. The summed E-state index contributed by atoms with van der Waals surface area (Å²) in [5.41, 5.74) is 3.88. The number of benzene rings is 4. The molecule has 0 aromatic heterocycles. The summed E-state index contributed by atoms with van der Waals surface area (Å²) in [6.07, 6.45) is -8.01. The molecule has 0 bridgehead atoms. The van der Waals surface area contributed by atoms with E-state index in [-0.39, 0.29) is 26.4 Å². The number of aliphatic hydroxyl groups excluding tert-OH is 2. The minimum Gasteiger partial charge on any atom is -0.385 e. The van der Waals surface area contributed by atoms with Crippen LogP contribution in [0, 0.1) is 0 Å². The van der Waals surface area contributed by atoms with Gasteiger partial charge in [0.25, 0.3) is 0 Å². The van der Waals surface area contributed by atoms with Gasteiger partial charge in [-0.2, -0.15) is 0 Å². The van der Waals surface area contributed by atoms with Crippen LogP contribution in [-0.4, -0.2) is 72.1 Å². The molecule has 4 aromatic carbocycles. The zero-order valence-corrected chi connectivity index (χ0v) is 27.0. The molecule has 0 amide bonds. The van der Waals surface area contributed by atoms with E-state index in [9.17, 15) is 10.2 Å². The molecular weight excluding hydrogens is 612 g/mol. The molecule has 48 heavy (non-hydrogen) atoms. The summed E-state index contributed by atoms with van der Waals surface area (Å²) in [6, 6.07) is 39.0. The van der Waals surface area contributed by atoms with Gasteiger partial charge < -0.3 is 43.4 Å². The highest BCUT2D eigenvalue weighted by atomic mass is 16.7. The molecule has 0 radical (unpaired) electrons. The zero-order valence-electron chi connectivity index (χ0n) is 27.0. The van der Waals surface area contributed by atoms with Crippen LogP contribution in [0.2, 0.25) is 0 Å². The molecule has 6 rings (SSSR count). The predicted molar refractivity (Wildman–Crippen MR) is 177 cm³/mol. The molecule has 0 spiro atoms. The van der Waals surface area contributed by atoms with Gasteiger partial charge in [-0.3, -0.25) is 0 Å². The first-order chi connectivity index (χ1) is 23.5. The fraction of sp³-hybridized carbons (Fsp3) is 0.385. The Morgan fingerprint density at radius 3 is 1.46 bits per heavy atom. The van der Waals surface area contributed by atoms with E-state index in [1.165, 1.54) is 0 Å². The quantitative estimate of drug-likeness (QED) is 0.179. The molecule has 2 heterocycles. The van der Waals surface area contributed by atoms with Crippen molar-refractivity contribution in [3.63, 3.8) is 0 Å². The second-order valence-corrected chi connectivity index (χ2v) is 12.2. The minimum absolute atomic E-state index is 0.167. The van der Waals surface area contributed by atoms with Gasteiger partial charge in [-0.25, -0.2) is 0 Å². The van der Waals surface area contributed by atoms with E-state index in [1.54, 1.807) is 0 Å². The standard InChI is InChI=1S/C39H44O9/c1-27-34(43-23-29-16-8-3-9-17-29)36(37(38(41)46-27)45-25-31-20-12-5-13-21-31)48-39-33(40)35(44-24-30-18-10-4-11-19-30)32(47-39)26-42-22-28-14-6-2-7-15-28/h2-21,27,32-41H,22-26H2,1H3/t27-,32+,33+,34-,35+,36+,37+,38+,39-/m0/s1. The molecule has 2 fully saturated rings. The van der Waals surface area contributed by atoms with Crippen molar-refractivity contribution < 1.29 is 43.4 Å². The molecule has 254 valence electrons. The van der Waals surface area contributed by atoms with Crippen molar-refractivity contribution in [3.05, 3.63) is 144 Å². The first-order valence-electron chi connectivity index (χ1n) is 16.5. The van der Waals surface area contributed by atoms with Gasteiger partial charge >= 0.3 is 0 Å². The number of ether oxygens (including phenoxy) is 7. The summed E-state index contributed by atoms with van der Waals surface area (Å²) in [5.74, 6) is 0. The fourth-order valence-corrected chi connectivity index (χ4v) is 6.03. The number of hydrogen-bond donors (Lipinski definition) is 2. The third kappa shape index (κ3) is 9.15. The highest BCUT2D eigenvalue weighted by Gasteiger charge is 2.52. The lowest BCUT2D eigenvalue weighted by molar-refractivity contribution is -0.331. The lowest BCUT2D eigenvalue weighted by Gasteiger charge is -2.44. The van der Waals surface area contributed by atoms with Crippen molar-refractivity contribution >= 4 is 0 Å². The van der Waals surface area contributed by atoms with Crippen molar-refractivity contribution in [1.82, 2.24) is 0 Å². The molecule has 0 saturated carbocycles. The van der Waals surface area contributed by atoms with Crippen LogP contribution in [0.3, 0.4) is 0 Å². The summed E-state index contributed by atoms with van der Waals surface area (Å²) < 4.78 is 43.8. The van der Waals surface area contributed by atoms with Gasteiger partial charge in [-0.1, -0.05) is 121 Å². The smallest absolute Gasteiger partial charge is 0.187 e. The molecule has 9 atom stereocenters. The van der Waals surface area contributed by atoms with Crippen molar-refractivity contribution in [2.45, 2.75) is 88.7 Å². The van der Waals surface area contributed by atoms with E-state index >= 15 is 0 Å². The first-order valence-corrected chi connectivity index (χ1v) is 16.5.